The van der Waals surface area contributed by atoms with Gasteiger partial charge >= 0.3 is 0 Å². The van der Waals surface area contributed by atoms with Gasteiger partial charge in [-0.25, -0.2) is 4.39 Å². The molecule has 0 amide bonds. The predicted molar refractivity (Wildman–Crippen MR) is 64.6 cm³/mol. The summed E-state index contributed by atoms with van der Waals surface area (Å²) in [5.41, 5.74) is -0.869. The first-order valence-electron chi connectivity index (χ1n) is 5.33. The maximum Gasteiger partial charge on any atom is 0.200 e. The summed E-state index contributed by atoms with van der Waals surface area (Å²) in [6.45, 7) is 0. The molecule has 6 nitrogen and oxygen atoms in total. The van der Waals surface area contributed by atoms with Crippen molar-refractivity contribution < 1.29 is 34.7 Å². The number of phenolic OH excluding ortho intramolecular Hbond substituents is 5. The summed E-state index contributed by atoms with van der Waals surface area (Å²) in [4.78, 5) is 12.0. The molecule has 0 unspecified atom stereocenters. The SMILES string of the molecule is O=C(c1cc(O)c(O)c(O)c1)c1ccc(O)c(O)c1F. The highest BCUT2D eigenvalue weighted by Gasteiger charge is 2.21. The second-order valence-electron chi connectivity index (χ2n) is 3.99. The summed E-state index contributed by atoms with van der Waals surface area (Å²) >= 11 is 0. The maximum atomic E-state index is 13.7. The molecule has 0 spiro atoms. The Labute approximate surface area is 111 Å². The number of benzene rings is 2. The van der Waals surface area contributed by atoms with Crippen LogP contribution in [0.15, 0.2) is 24.3 Å². The van der Waals surface area contributed by atoms with Crippen molar-refractivity contribution in [3.8, 4) is 28.7 Å². The average Bonchev–Trinajstić information content (AvgIpc) is 2.41. The van der Waals surface area contributed by atoms with Crippen LogP contribution in [0.4, 0.5) is 4.39 Å². The molecule has 2 aromatic carbocycles. The minimum atomic E-state index is -1.33. The Bertz CT molecular complexity index is 687. The lowest BCUT2D eigenvalue weighted by atomic mass is 10.0. The van der Waals surface area contributed by atoms with Crippen molar-refractivity contribution in [1.29, 1.82) is 0 Å². The van der Waals surface area contributed by atoms with E-state index in [0.717, 1.165) is 24.3 Å². The molecule has 104 valence electrons. The van der Waals surface area contributed by atoms with Crippen molar-refractivity contribution in [2.75, 3.05) is 0 Å². The Kier molecular flexibility index (Phi) is 3.11. The smallest absolute Gasteiger partial charge is 0.200 e. The Morgan fingerprint density at radius 2 is 1.40 bits per heavy atom. The summed E-state index contributed by atoms with van der Waals surface area (Å²) in [6.07, 6.45) is 0. The zero-order valence-corrected chi connectivity index (χ0v) is 9.83. The Hall–Kier alpha value is -2.96. The zero-order valence-electron chi connectivity index (χ0n) is 9.83. The molecule has 7 heteroatoms. The molecule has 5 N–H and O–H groups in total. The van der Waals surface area contributed by atoms with Gasteiger partial charge in [0.25, 0.3) is 0 Å². The van der Waals surface area contributed by atoms with Crippen LogP contribution in [0, 0.1) is 5.82 Å². The van der Waals surface area contributed by atoms with Crippen LogP contribution in [0.25, 0.3) is 0 Å². The fraction of sp³-hybridized carbons (Fsp3) is 0. The van der Waals surface area contributed by atoms with Gasteiger partial charge in [-0.2, -0.15) is 0 Å². The fourth-order valence-corrected chi connectivity index (χ4v) is 1.62. The summed E-state index contributed by atoms with van der Waals surface area (Å²) in [5, 5.41) is 46.1. The predicted octanol–water partition coefficient (Wildman–Crippen LogP) is 1.58. The maximum absolute atomic E-state index is 13.7. The van der Waals surface area contributed by atoms with Crippen molar-refractivity contribution in [2.24, 2.45) is 0 Å². The van der Waals surface area contributed by atoms with Gasteiger partial charge in [0.1, 0.15) is 0 Å². The van der Waals surface area contributed by atoms with Crippen molar-refractivity contribution in [3.63, 3.8) is 0 Å². The highest BCUT2D eigenvalue weighted by molar-refractivity contribution is 6.10. The lowest BCUT2D eigenvalue weighted by Crippen LogP contribution is -2.04. The van der Waals surface area contributed by atoms with Crippen LogP contribution in [0.1, 0.15) is 15.9 Å². The van der Waals surface area contributed by atoms with Crippen LogP contribution in [0.3, 0.4) is 0 Å². The van der Waals surface area contributed by atoms with Gasteiger partial charge in [0.2, 0.25) is 0 Å². The van der Waals surface area contributed by atoms with E-state index in [1.807, 2.05) is 0 Å². The van der Waals surface area contributed by atoms with E-state index in [2.05, 4.69) is 0 Å². The van der Waals surface area contributed by atoms with Crippen LogP contribution in [0.2, 0.25) is 0 Å². The Morgan fingerprint density at radius 3 is 1.95 bits per heavy atom. The molecule has 0 saturated heterocycles. The normalized spacial score (nSPS) is 10.4. The lowest BCUT2D eigenvalue weighted by Gasteiger charge is -2.07. The number of carbonyl (C=O) groups excluding carboxylic acids is 1. The van der Waals surface area contributed by atoms with Gasteiger partial charge in [-0.1, -0.05) is 0 Å². The molecule has 0 radical (unpaired) electrons. The van der Waals surface area contributed by atoms with E-state index in [-0.39, 0.29) is 5.56 Å². The number of hydrogen-bond donors (Lipinski definition) is 5. The standard InChI is InChI=1S/C13H9FO6/c14-10-6(1-2-7(15)13(10)20)11(18)5-3-8(16)12(19)9(17)4-5/h1-4,15-17,19-20H. The summed E-state index contributed by atoms with van der Waals surface area (Å²) in [7, 11) is 0. The number of hydrogen-bond acceptors (Lipinski definition) is 6. The molecule has 0 aliphatic rings. The molecule has 0 aliphatic heterocycles. The average molecular weight is 280 g/mol. The second-order valence-corrected chi connectivity index (χ2v) is 3.99. The quantitative estimate of drug-likeness (QED) is 0.421. The van der Waals surface area contributed by atoms with Crippen molar-refractivity contribution in [1.82, 2.24) is 0 Å². The molecule has 20 heavy (non-hydrogen) atoms. The van der Waals surface area contributed by atoms with Gasteiger partial charge in [0.15, 0.2) is 40.3 Å². The van der Waals surface area contributed by atoms with Crippen molar-refractivity contribution in [3.05, 3.63) is 41.2 Å². The molecule has 0 aliphatic carbocycles. The van der Waals surface area contributed by atoms with Crippen LogP contribution in [-0.2, 0) is 0 Å². The first-order valence-corrected chi connectivity index (χ1v) is 5.33. The molecule has 0 aromatic heterocycles. The van der Waals surface area contributed by atoms with Crippen molar-refractivity contribution in [2.45, 2.75) is 0 Å². The summed E-state index contributed by atoms with van der Waals surface area (Å²) < 4.78 is 13.7. The van der Waals surface area contributed by atoms with Gasteiger partial charge in [-0.05, 0) is 24.3 Å². The molecular weight excluding hydrogens is 271 g/mol. The summed E-state index contributed by atoms with van der Waals surface area (Å²) in [6, 6.07) is 3.53. The topological polar surface area (TPSA) is 118 Å². The Morgan fingerprint density at radius 1 is 0.850 bits per heavy atom. The molecule has 0 fully saturated rings. The minimum absolute atomic E-state index is 0.304. The number of aromatic hydroxyl groups is 5. The van der Waals surface area contributed by atoms with E-state index in [9.17, 15) is 24.5 Å². The highest BCUT2D eigenvalue weighted by Crippen LogP contribution is 2.37. The molecule has 2 aromatic rings. The first kappa shape index (κ1) is 13.5. The molecule has 0 heterocycles. The van der Waals surface area contributed by atoms with Crippen LogP contribution in [-0.4, -0.2) is 31.3 Å². The summed E-state index contributed by atoms with van der Waals surface area (Å²) in [5.74, 6) is -6.41. The highest BCUT2D eigenvalue weighted by atomic mass is 19.1. The number of rotatable bonds is 2. The van der Waals surface area contributed by atoms with Gasteiger partial charge < -0.3 is 25.5 Å². The van der Waals surface area contributed by atoms with Crippen molar-refractivity contribution >= 4 is 5.78 Å². The van der Waals surface area contributed by atoms with Crippen LogP contribution in [0.5, 0.6) is 28.7 Å². The largest absolute Gasteiger partial charge is 0.504 e. The molecular formula is C13H9FO6. The van der Waals surface area contributed by atoms with Gasteiger partial charge in [0.05, 0.1) is 5.56 Å². The fourth-order valence-electron chi connectivity index (χ4n) is 1.62. The Balaban J connectivity index is 2.55. The number of carbonyl (C=O) groups is 1. The third-order valence-corrected chi connectivity index (χ3v) is 2.67. The van der Waals surface area contributed by atoms with E-state index in [0.29, 0.717) is 0 Å². The van der Waals surface area contributed by atoms with E-state index < -0.39 is 45.9 Å². The molecule has 2 rings (SSSR count). The molecule has 0 saturated carbocycles. The third-order valence-electron chi connectivity index (χ3n) is 2.67. The van der Waals surface area contributed by atoms with Crippen LogP contribution >= 0.6 is 0 Å². The molecule has 0 atom stereocenters. The minimum Gasteiger partial charge on any atom is -0.504 e. The number of ketones is 1. The van der Waals surface area contributed by atoms with Gasteiger partial charge in [0, 0.05) is 5.56 Å². The van der Waals surface area contributed by atoms with Gasteiger partial charge in [-0.15, -0.1) is 0 Å². The first-order chi connectivity index (χ1) is 9.32. The second kappa shape index (κ2) is 4.61. The van der Waals surface area contributed by atoms with Gasteiger partial charge in [-0.3, -0.25) is 4.79 Å². The van der Waals surface area contributed by atoms with Crippen LogP contribution < -0.4 is 0 Å². The zero-order chi connectivity index (χ0) is 15.0. The van der Waals surface area contributed by atoms with E-state index >= 15 is 0 Å². The third kappa shape index (κ3) is 2.05. The van der Waals surface area contributed by atoms with E-state index in [1.165, 1.54) is 0 Å². The number of phenols is 5. The molecule has 0 bridgehead atoms. The lowest BCUT2D eigenvalue weighted by molar-refractivity contribution is 0.103. The number of halogens is 1. The van der Waals surface area contributed by atoms with E-state index in [4.69, 9.17) is 10.2 Å². The monoisotopic (exact) mass is 280 g/mol. The van der Waals surface area contributed by atoms with E-state index in [1.54, 1.807) is 0 Å².